The average Bonchev–Trinajstić information content (AvgIpc) is 2.36. The van der Waals surface area contributed by atoms with Crippen molar-refractivity contribution in [1.82, 2.24) is 5.32 Å². The van der Waals surface area contributed by atoms with Crippen LogP contribution in [-0.4, -0.2) is 13.6 Å². The zero-order valence-corrected chi connectivity index (χ0v) is 14.0. The third kappa shape index (κ3) is 4.73. The Balaban J connectivity index is 3.10. The molecule has 0 amide bonds. The standard InChI is InChI=1S/C17H26N2S/c1-12(14-8-7-9-15(18)10-14)16(11-19-6)20-13(2)17(3,4)5/h7-10,19H,2,11,18H2,1,3-6H3/b16-12+. The van der Waals surface area contributed by atoms with Gasteiger partial charge in [-0.1, -0.05) is 51.2 Å². The summed E-state index contributed by atoms with van der Waals surface area (Å²) in [6, 6.07) is 8.03. The first-order valence-corrected chi connectivity index (χ1v) is 7.65. The van der Waals surface area contributed by atoms with Crippen molar-refractivity contribution in [2.45, 2.75) is 27.7 Å². The first kappa shape index (κ1) is 16.9. The molecule has 1 rings (SSSR count). The minimum atomic E-state index is 0.0969. The quantitative estimate of drug-likeness (QED) is 0.783. The first-order valence-electron chi connectivity index (χ1n) is 6.83. The van der Waals surface area contributed by atoms with Crippen molar-refractivity contribution in [1.29, 1.82) is 0 Å². The van der Waals surface area contributed by atoms with Gasteiger partial charge in [0, 0.05) is 17.1 Å². The number of nitrogen functional groups attached to an aromatic ring is 1. The molecule has 0 spiro atoms. The minimum Gasteiger partial charge on any atom is -0.399 e. The van der Waals surface area contributed by atoms with Gasteiger partial charge < -0.3 is 11.1 Å². The number of hydrogen-bond donors (Lipinski definition) is 2. The van der Waals surface area contributed by atoms with Gasteiger partial charge in [-0.2, -0.15) is 0 Å². The second-order valence-corrected chi connectivity index (χ2v) is 7.17. The molecule has 20 heavy (non-hydrogen) atoms. The summed E-state index contributed by atoms with van der Waals surface area (Å²) in [7, 11) is 1.97. The van der Waals surface area contributed by atoms with E-state index in [0.29, 0.717) is 0 Å². The number of likely N-dealkylation sites (N-methyl/N-ethyl adjacent to an activating group) is 1. The molecule has 0 bridgehead atoms. The highest BCUT2D eigenvalue weighted by molar-refractivity contribution is 8.06. The fourth-order valence-corrected chi connectivity index (χ4v) is 2.73. The van der Waals surface area contributed by atoms with Gasteiger partial charge in [-0.15, -0.1) is 0 Å². The van der Waals surface area contributed by atoms with Crippen molar-refractivity contribution >= 4 is 23.0 Å². The van der Waals surface area contributed by atoms with Crippen LogP contribution in [0.4, 0.5) is 5.69 Å². The summed E-state index contributed by atoms with van der Waals surface area (Å²) < 4.78 is 0. The maximum Gasteiger partial charge on any atom is 0.0320 e. The predicted molar refractivity (Wildman–Crippen MR) is 93.6 cm³/mol. The van der Waals surface area contributed by atoms with Gasteiger partial charge in [0.15, 0.2) is 0 Å². The molecule has 3 N–H and O–H groups in total. The summed E-state index contributed by atoms with van der Waals surface area (Å²) >= 11 is 1.77. The number of allylic oxidation sites excluding steroid dienone is 2. The number of rotatable bonds is 5. The molecular weight excluding hydrogens is 264 g/mol. The fourth-order valence-electron chi connectivity index (χ4n) is 1.64. The van der Waals surface area contributed by atoms with Crippen LogP contribution in [0.3, 0.4) is 0 Å². The predicted octanol–water partition coefficient (Wildman–Crippen LogP) is 4.51. The molecule has 0 aliphatic carbocycles. The van der Waals surface area contributed by atoms with Gasteiger partial charge in [-0.25, -0.2) is 0 Å². The number of hydrogen-bond acceptors (Lipinski definition) is 3. The Morgan fingerprint density at radius 3 is 2.50 bits per heavy atom. The molecule has 0 saturated carbocycles. The van der Waals surface area contributed by atoms with Crippen LogP contribution in [-0.2, 0) is 0 Å². The molecule has 1 aromatic rings. The largest absolute Gasteiger partial charge is 0.399 e. The smallest absolute Gasteiger partial charge is 0.0320 e. The van der Waals surface area contributed by atoms with E-state index in [2.05, 4.69) is 45.7 Å². The Morgan fingerprint density at radius 1 is 1.35 bits per heavy atom. The molecule has 3 heteroatoms. The highest BCUT2D eigenvalue weighted by atomic mass is 32.2. The maximum absolute atomic E-state index is 5.88. The van der Waals surface area contributed by atoms with E-state index in [1.54, 1.807) is 11.8 Å². The van der Waals surface area contributed by atoms with Crippen LogP contribution >= 0.6 is 11.8 Å². The highest BCUT2D eigenvalue weighted by Gasteiger charge is 2.18. The van der Waals surface area contributed by atoms with Crippen molar-refractivity contribution in [3.8, 4) is 0 Å². The third-order valence-electron chi connectivity index (χ3n) is 3.16. The Kier molecular flexibility index (Phi) is 5.90. The van der Waals surface area contributed by atoms with Gasteiger partial charge in [0.05, 0.1) is 0 Å². The van der Waals surface area contributed by atoms with Gasteiger partial charge in [-0.3, -0.25) is 0 Å². The Hall–Kier alpha value is -1.19. The minimum absolute atomic E-state index is 0.0969. The Morgan fingerprint density at radius 2 is 2.00 bits per heavy atom. The van der Waals surface area contributed by atoms with Crippen LogP contribution in [0.25, 0.3) is 5.57 Å². The van der Waals surface area contributed by atoms with Crippen molar-refractivity contribution in [2.75, 3.05) is 19.3 Å². The van der Waals surface area contributed by atoms with Crippen molar-refractivity contribution in [3.63, 3.8) is 0 Å². The van der Waals surface area contributed by atoms with Crippen LogP contribution in [0.2, 0.25) is 0 Å². The van der Waals surface area contributed by atoms with Crippen LogP contribution < -0.4 is 11.1 Å². The molecule has 0 radical (unpaired) electrons. The molecule has 110 valence electrons. The van der Waals surface area contributed by atoms with Gasteiger partial charge >= 0.3 is 0 Å². The van der Waals surface area contributed by atoms with E-state index in [1.165, 1.54) is 20.9 Å². The SMILES string of the molecule is C=C(S/C(CNC)=C(\C)c1cccc(N)c1)C(C)(C)C. The summed E-state index contributed by atoms with van der Waals surface area (Å²) in [5, 5.41) is 3.24. The summed E-state index contributed by atoms with van der Waals surface area (Å²) in [6.45, 7) is 13.8. The van der Waals surface area contributed by atoms with E-state index in [4.69, 9.17) is 5.73 Å². The van der Waals surface area contributed by atoms with Crippen molar-refractivity contribution in [3.05, 3.63) is 46.2 Å². The van der Waals surface area contributed by atoms with Gasteiger partial charge in [-0.05, 0) is 47.6 Å². The molecule has 0 aliphatic rings. The van der Waals surface area contributed by atoms with E-state index < -0.39 is 0 Å². The molecule has 0 aromatic heterocycles. The van der Waals surface area contributed by atoms with E-state index in [-0.39, 0.29) is 5.41 Å². The van der Waals surface area contributed by atoms with E-state index >= 15 is 0 Å². The first-order chi connectivity index (χ1) is 9.25. The average molecular weight is 290 g/mol. The Bertz CT molecular complexity index is 510. The lowest BCUT2D eigenvalue weighted by Crippen LogP contribution is -2.12. The number of nitrogens with one attached hydrogen (secondary N) is 1. The number of thioether (sulfide) groups is 1. The summed E-state index contributed by atoms with van der Waals surface area (Å²) in [5.74, 6) is 0. The molecule has 0 fully saturated rings. The number of benzene rings is 1. The zero-order valence-electron chi connectivity index (χ0n) is 13.2. The van der Waals surface area contributed by atoms with E-state index in [0.717, 1.165) is 12.2 Å². The van der Waals surface area contributed by atoms with Crippen LogP contribution in [0.5, 0.6) is 0 Å². The molecule has 0 heterocycles. The van der Waals surface area contributed by atoms with E-state index in [9.17, 15) is 0 Å². The molecule has 0 unspecified atom stereocenters. The topological polar surface area (TPSA) is 38.0 Å². The lowest BCUT2D eigenvalue weighted by atomic mass is 9.97. The molecule has 0 saturated heterocycles. The van der Waals surface area contributed by atoms with Crippen LogP contribution in [0, 0.1) is 5.41 Å². The lowest BCUT2D eigenvalue weighted by Gasteiger charge is -2.23. The summed E-state index contributed by atoms with van der Waals surface area (Å²) in [4.78, 5) is 2.46. The second-order valence-electron chi connectivity index (χ2n) is 5.98. The number of anilines is 1. The summed E-state index contributed by atoms with van der Waals surface area (Å²) in [5.41, 5.74) is 9.19. The van der Waals surface area contributed by atoms with Gasteiger partial charge in [0.25, 0.3) is 0 Å². The van der Waals surface area contributed by atoms with Crippen LogP contribution in [0.1, 0.15) is 33.3 Å². The molecule has 0 atom stereocenters. The van der Waals surface area contributed by atoms with Gasteiger partial charge in [0.2, 0.25) is 0 Å². The maximum atomic E-state index is 5.88. The zero-order chi connectivity index (χ0) is 15.3. The van der Waals surface area contributed by atoms with Crippen molar-refractivity contribution in [2.24, 2.45) is 5.41 Å². The third-order valence-corrected chi connectivity index (χ3v) is 4.71. The molecule has 1 aromatic carbocycles. The second kappa shape index (κ2) is 7.00. The number of nitrogens with two attached hydrogens (primary N) is 1. The Labute approximate surface area is 127 Å². The highest BCUT2D eigenvalue weighted by Crippen LogP contribution is 2.39. The summed E-state index contributed by atoms with van der Waals surface area (Å²) in [6.07, 6.45) is 0. The van der Waals surface area contributed by atoms with Gasteiger partial charge in [0.1, 0.15) is 0 Å². The molecule has 2 nitrogen and oxygen atoms in total. The molecular formula is C17H26N2S. The van der Waals surface area contributed by atoms with E-state index in [1.807, 2.05) is 25.2 Å². The van der Waals surface area contributed by atoms with Crippen molar-refractivity contribution < 1.29 is 0 Å². The monoisotopic (exact) mass is 290 g/mol. The fraction of sp³-hybridized carbons (Fsp3) is 0.412. The molecule has 0 aliphatic heterocycles. The lowest BCUT2D eigenvalue weighted by molar-refractivity contribution is 0.535. The normalized spacial score (nSPS) is 13.1. The van der Waals surface area contributed by atoms with Crippen LogP contribution in [0.15, 0.2) is 40.7 Å².